The number of amides is 1. The third kappa shape index (κ3) is 3.13. The zero-order valence-electron chi connectivity index (χ0n) is 8.88. The maximum absolute atomic E-state index is 11.0. The first kappa shape index (κ1) is 11.8. The second-order valence-corrected chi connectivity index (χ2v) is 2.99. The summed E-state index contributed by atoms with van der Waals surface area (Å²) in [6, 6.07) is 0. The van der Waals surface area contributed by atoms with Gasteiger partial charge in [-0.25, -0.2) is 9.97 Å². The van der Waals surface area contributed by atoms with Crippen molar-refractivity contribution in [1.82, 2.24) is 14.9 Å². The van der Waals surface area contributed by atoms with Crippen molar-refractivity contribution < 1.29 is 9.53 Å². The Bertz CT molecular complexity index is 414. The van der Waals surface area contributed by atoms with Crippen molar-refractivity contribution in [1.29, 1.82) is 0 Å². The minimum atomic E-state index is -0.388. The number of carbonyl (C=O) groups is 1. The lowest BCUT2D eigenvalue weighted by atomic mass is 10.5. The molecule has 16 heavy (non-hydrogen) atoms. The summed E-state index contributed by atoms with van der Waals surface area (Å²) in [4.78, 5) is 19.9. The molecule has 1 rings (SSSR count). The molecule has 0 radical (unpaired) electrons. The summed E-state index contributed by atoms with van der Waals surface area (Å²) in [7, 11) is 1.59. The van der Waals surface area contributed by atoms with Gasteiger partial charge in [0.15, 0.2) is 11.6 Å². The summed E-state index contributed by atoms with van der Waals surface area (Å²) in [5, 5.41) is 0. The molecule has 0 aromatic carbocycles. The number of hydrogen-bond donors (Lipinski definition) is 1. The van der Waals surface area contributed by atoms with Crippen LogP contribution in [0, 0.1) is 12.3 Å². The highest BCUT2D eigenvalue weighted by atomic mass is 16.5. The molecule has 1 heterocycles. The molecule has 0 aliphatic heterocycles. The van der Waals surface area contributed by atoms with Gasteiger partial charge in [-0.1, -0.05) is 0 Å². The Labute approximate surface area is 93.4 Å². The largest absolute Gasteiger partial charge is 0.486 e. The molecule has 0 fully saturated rings. The number of ether oxygens (including phenoxy) is 1. The number of likely N-dealkylation sites (N-methyl/N-ethyl adjacent to an activating group) is 1. The van der Waals surface area contributed by atoms with Crippen LogP contribution in [0.4, 0.5) is 5.82 Å². The fraction of sp³-hybridized carbons (Fsp3) is 0.300. The monoisotopic (exact) mass is 220 g/mol. The molecule has 0 aliphatic rings. The van der Waals surface area contributed by atoms with Gasteiger partial charge in [0.2, 0.25) is 0 Å². The lowest BCUT2D eigenvalue weighted by Crippen LogP contribution is -2.29. The van der Waals surface area contributed by atoms with Crippen molar-refractivity contribution in [2.24, 2.45) is 0 Å². The van der Waals surface area contributed by atoms with Crippen molar-refractivity contribution in [2.45, 2.75) is 0 Å². The van der Waals surface area contributed by atoms with E-state index < -0.39 is 0 Å². The quantitative estimate of drug-likeness (QED) is 0.694. The van der Waals surface area contributed by atoms with Crippen LogP contribution in [0.5, 0.6) is 5.75 Å². The molecule has 6 heteroatoms. The van der Waals surface area contributed by atoms with E-state index in [1.165, 1.54) is 17.4 Å². The van der Waals surface area contributed by atoms with E-state index in [-0.39, 0.29) is 18.3 Å². The van der Waals surface area contributed by atoms with Crippen LogP contribution in [0.25, 0.3) is 0 Å². The van der Waals surface area contributed by atoms with E-state index in [2.05, 4.69) is 9.97 Å². The second kappa shape index (κ2) is 5.56. The number of carbonyl (C=O) groups excluding carboxylic acids is 1. The molecule has 0 unspecified atom stereocenters. The molecule has 0 atom stereocenters. The number of hydrogen-bond acceptors (Lipinski definition) is 5. The van der Waals surface area contributed by atoms with Crippen LogP contribution in [-0.2, 0) is 4.79 Å². The number of nitrogens with two attached hydrogens (primary N) is 1. The van der Waals surface area contributed by atoms with E-state index in [1.807, 2.05) is 5.92 Å². The van der Waals surface area contributed by atoms with E-state index >= 15 is 0 Å². The van der Waals surface area contributed by atoms with Crippen LogP contribution < -0.4 is 10.5 Å². The Balaban J connectivity index is 2.40. The van der Waals surface area contributed by atoms with E-state index in [4.69, 9.17) is 16.9 Å². The zero-order chi connectivity index (χ0) is 12.0. The fourth-order valence-electron chi connectivity index (χ4n) is 0.942. The average Bonchev–Trinajstić information content (AvgIpc) is 2.30. The Morgan fingerprint density at radius 2 is 2.50 bits per heavy atom. The van der Waals surface area contributed by atoms with E-state index in [1.54, 1.807) is 7.05 Å². The maximum Gasteiger partial charge on any atom is 0.298 e. The highest BCUT2D eigenvalue weighted by Gasteiger charge is 2.05. The van der Waals surface area contributed by atoms with Crippen LogP contribution >= 0.6 is 0 Å². The van der Waals surface area contributed by atoms with Gasteiger partial charge in [-0.3, -0.25) is 4.79 Å². The van der Waals surface area contributed by atoms with Gasteiger partial charge in [0.05, 0.1) is 12.7 Å². The number of anilines is 1. The number of terminal acetylenes is 1. The molecule has 1 aromatic heterocycles. The summed E-state index contributed by atoms with van der Waals surface area (Å²) in [6.45, 7) is 0.652. The maximum atomic E-state index is 11.0. The normalized spacial score (nSPS) is 9.25. The van der Waals surface area contributed by atoms with E-state index in [9.17, 15) is 4.79 Å². The minimum Gasteiger partial charge on any atom is -0.486 e. The number of aromatic nitrogens is 2. The van der Waals surface area contributed by atoms with Gasteiger partial charge in [0.1, 0.15) is 12.9 Å². The summed E-state index contributed by atoms with van der Waals surface area (Å²) in [5.74, 6) is 2.28. The second-order valence-electron chi connectivity index (χ2n) is 2.99. The summed E-state index contributed by atoms with van der Waals surface area (Å²) < 4.78 is 5.29. The predicted molar refractivity (Wildman–Crippen MR) is 58.4 cm³/mol. The predicted octanol–water partition coefficient (Wildman–Crippen LogP) is -0.471. The summed E-state index contributed by atoms with van der Waals surface area (Å²) in [5.41, 5.74) is 5.53. The third-order valence-corrected chi connectivity index (χ3v) is 1.86. The molecular formula is C10H12N4O2. The number of rotatable bonds is 4. The van der Waals surface area contributed by atoms with Gasteiger partial charge < -0.3 is 15.4 Å². The van der Waals surface area contributed by atoms with E-state index in [0.29, 0.717) is 12.3 Å². The van der Waals surface area contributed by atoms with Crippen LogP contribution in [0.3, 0.4) is 0 Å². The van der Waals surface area contributed by atoms with Crippen LogP contribution in [0.1, 0.15) is 0 Å². The lowest BCUT2D eigenvalue weighted by Gasteiger charge is -2.14. The van der Waals surface area contributed by atoms with Crippen LogP contribution in [0.2, 0.25) is 0 Å². The van der Waals surface area contributed by atoms with Crippen molar-refractivity contribution >= 4 is 11.7 Å². The Morgan fingerprint density at radius 1 is 1.75 bits per heavy atom. The molecule has 1 amide bonds. The van der Waals surface area contributed by atoms with Crippen molar-refractivity contribution in [3.63, 3.8) is 0 Å². The van der Waals surface area contributed by atoms with Gasteiger partial charge in [-0.05, 0) is 5.92 Å². The van der Waals surface area contributed by atoms with Gasteiger partial charge >= 0.3 is 0 Å². The van der Waals surface area contributed by atoms with Gasteiger partial charge in [-0.15, -0.1) is 6.42 Å². The van der Waals surface area contributed by atoms with Crippen LogP contribution in [-0.4, -0.2) is 41.0 Å². The first-order chi connectivity index (χ1) is 7.65. The minimum absolute atomic E-state index is 0.265. The fourth-order valence-corrected chi connectivity index (χ4v) is 0.942. The molecule has 84 valence electrons. The molecule has 0 bridgehead atoms. The highest BCUT2D eigenvalue weighted by Crippen LogP contribution is 2.14. The standard InChI is InChI=1S/C10H12N4O2/c1-3-9(15)14(2)4-5-16-8-6-12-7-13-10(8)11/h1,6-7H,4-5H2,2H3,(H2,11,12,13). The Kier molecular flexibility index (Phi) is 4.09. The molecule has 1 aromatic rings. The van der Waals surface area contributed by atoms with Gasteiger partial charge in [0, 0.05) is 7.05 Å². The topological polar surface area (TPSA) is 81.3 Å². The third-order valence-electron chi connectivity index (χ3n) is 1.86. The van der Waals surface area contributed by atoms with Gasteiger partial charge in [0.25, 0.3) is 5.91 Å². The highest BCUT2D eigenvalue weighted by molar-refractivity contribution is 5.92. The number of nitrogen functional groups attached to an aromatic ring is 1. The van der Waals surface area contributed by atoms with Gasteiger partial charge in [-0.2, -0.15) is 0 Å². The zero-order valence-corrected chi connectivity index (χ0v) is 8.88. The lowest BCUT2D eigenvalue weighted by molar-refractivity contribution is -0.124. The summed E-state index contributed by atoms with van der Waals surface area (Å²) in [6.07, 6.45) is 7.75. The molecule has 0 aliphatic carbocycles. The SMILES string of the molecule is C#CC(=O)N(C)CCOc1cncnc1N. The first-order valence-corrected chi connectivity index (χ1v) is 4.55. The molecule has 0 saturated carbocycles. The van der Waals surface area contributed by atoms with Crippen molar-refractivity contribution in [3.05, 3.63) is 12.5 Å². The summed E-state index contributed by atoms with van der Waals surface area (Å²) >= 11 is 0. The smallest absolute Gasteiger partial charge is 0.298 e. The molecule has 0 saturated heterocycles. The molecule has 6 nitrogen and oxygen atoms in total. The Morgan fingerprint density at radius 3 is 3.12 bits per heavy atom. The Hall–Kier alpha value is -2.29. The number of nitrogens with zero attached hydrogens (tertiary/aromatic N) is 3. The van der Waals surface area contributed by atoms with Crippen LogP contribution in [0.15, 0.2) is 12.5 Å². The first-order valence-electron chi connectivity index (χ1n) is 4.55. The molecule has 0 spiro atoms. The molecular weight excluding hydrogens is 208 g/mol. The molecule has 2 N–H and O–H groups in total. The average molecular weight is 220 g/mol. The van der Waals surface area contributed by atoms with Crippen molar-refractivity contribution in [3.8, 4) is 18.1 Å². The van der Waals surface area contributed by atoms with Crippen molar-refractivity contribution in [2.75, 3.05) is 25.9 Å². The van der Waals surface area contributed by atoms with E-state index in [0.717, 1.165) is 0 Å².